The molecule has 0 fully saturated rings. The van der Waals surface area contributed by atoms with Crippen LogP contribution in [-0.2, 0) is 11.2 Å². The van der Waals surface area contributed by atoms with Crippen LogP contribution in [0.5, 0.6) is 0 Å². The molecule has 1 aromatic carbocycles. The molecule has 3 nitrogen and oxygen atoms in total. The Morgan fingerprint density at radius 2 is 2.00 bits per heavy atom. The molecule has 0 bridgehead atoms. The maximum absolute atomic E-state index is 11.1. The van der Waals surface area contributed by atoms with E-state index in [0.29, 0.717) is 6.42 Å². The van der Waals surface area contributed by atoms with E-state index in [1.54, 1.807) is 0 Å². The van der Waals surface area contributed by atoms with Crippen molar-refractivity contribution in [3.05, 3.63) is 35.4 Å². The Morgan fingerprint density at radius 1 is 1.41 bits per heavy atom. The smallest absolute Gasteiger partial charge is 0.217 e. The predicted octanol–water partition coefficient (Wildman–Crippen LogP) is 1.64. The zero-order valence-electron chi connectivity index (χ0n) is 10.1. The number of halogens is 1. The lowest BCUT2D eigenvalue weighted by Gasteiger charge is -2.22. The van der Waals surface area contributed by atoms with Gasteiger partial charge in [-0.15, -0.1) is 11.6 Å². The quantitative estimate of drug-likeness (QED) is 0.786. The summed E-state index contributed by atoms with van der Waals surface area (Å²) in [5.74, 6) is -0.0529. The third-order valence-electron chi connectivity index (χ3n) is 2.59. The van der Waals surface area contributed by atoms with Gasteiger partial charge < -0.3 is 10.4 Å². The van der Waals surface area contributed by atoms with E-state index < -0.39 is 6.10 Å². The summed E-state index contributed by atoms with van der Waals surface area (Å²) in [7, 11) is 0. The minimum Gasteiger partial charge on any atom is -0.390 e. The van der Waals surface area contributed by atoms with Crippen LogP contribution < -0.4 is 5.32 Å². The summed E-state index contributed by atoms with van der Waals surface area (Å²) in [5, 5.41) is 12.5. The third kappa shape index (κ3) is 4.75. The summed E-state index contributed by atoms with van der Waals surface area (Å²) in [6, 6.07) is 7.66. The van der Waals surface area contributed by atoms with Crippen molar-refractivity contribution < 1.29 is 9.90 Å². The van der Waals surface area contributed by atoms with E-state index in [9.17, 15) is 9.90 Å². The van der Waals surface area contributed by atoms with E-state index in [4.69, 9.17) is 11.6 Å². The first-order valence-electron chi connectivity index (χ1n) is 5.59. The second-order valence-corrected chi connectivity index (χ2v) is 4.53. The molecule has 1 rings (SSSR count). The highest BCUT2D eigenvalue weighted by Gasteiger charge is 2.19. The summed E-state index contributed by atoms with van der Waals surface area (Å²) in [4.78, 5) is 11.1. The van der Waals surface area contributed by atoms with Crippen LogP contribution in [0.15, 0.2) is 24.3 Å². The van der Waals surface area contributed by atoms with Gasteiger partial charge in [0.2, 0.25) is 5.91 Å². The Kier molecular flexibility index (Phi) is 5.45. The molecular weight excluding hydrogens is 238 g/mol. The van der Waals surface area contributed by atoms with E-state index in [1.807, 2.05) is 31.2 Å². The van der Waals surface area contributed by atoms with Gasteiger partial charge in [0.05, 0.1) is 18.0 Å². The van der Waals surface area contributed by atoms with Crippen molar-refractivity contribution in [2.75, 3.05) is 5.88 Å². The van der Waals surface area contributed by atoms with E-state index in [2.05, 4.69) is 5.32 Å². The van der Waals surface area contributed by atoms with Crippen molar-refractivity contribution in [3.8, 4) is 0 Å². The predicted molar refractivity (Wildman–Crippen MR) is 69.2 cm³/mol. The van der Waals surface area contributed by atoms with Crippen LogP contribution in [-0.4, -0.2) is 29.0 Å². The zero-order valence-corrected chi connectivity index (χ0v) is 10.9. The molecule has 0 spiro atoms. The highest BCUT2D eigenvalue weighted by molar-refractivity contribution is 6.18. The van der Waals surface area contributed by atoms with Gasteiger partial charge >= 0.3 is 0 Å². The van der Waals surface area contributed by atoms with Crippen molar-refractivity contribution in [2.45, 2.75) is 32.4 Å². The number of carbonyl (C=O) groups is 1. The summed E-state index contributed by atoms with van der Waals surface area (Å²) >= 11 is 5.62. The molecular formula is C13H18ClNO2. The molecule has 0 saturated heterocycles. The lowest BCUT2D eigenvalue weighted by molar-refractivity contribution is -0.120. The maximum Gasteiger partial charge on any atom is 0.217 e. The number of nitrogens with one attached hydrogen (secondary N) is 1. The Labute approximate surface area is 107 Å². The molecule has 1 amide bonds. The van der Waals surface area contributed by atoms with Crippen LogP contribution in [0.1, 0.15) is 18.1 Å². The molecule has 2 N–H and O–H groups in total. The number of hydrogen-bond donors (Lipinski definition) is 2. The third-order valence-corrected chi connectivity index (χ3v) is 2.90. The molecule has 0 aliphatic heterocycles. The number of amides is 1. The Balaban J connectivity index is 2.71. The fourth-order valence-electron chi connectivity index (χ4n) is 1.63. The average molecular weight is 256 g/mol. The fourth-order valence-corrected chi connectivity index (χ4v) is 1.85. The van der Waals surface area contributed by atoms with Gasteiger partial charge in [-0.05, 0) is 18.9 Å². The SMILES string of the molecule is CC(=O)NC(Cc1ccc(C)cc1)[C@H](O)CCl. The van der Waals surface area contributed by atoms with Crippen LogP contribution in [0.3, 0.4) is 0 Å². The minimum absolute atomic E-state index is 0.108. The van der Waals surface area contributed by atoms with Crippen molar-refractivity contribution in [1.29, 1.82) is 0 Å². The van der Waals surface area contributed by atoms with Gasteiger partial charge in [0.15, 0.2) is 0 Å². The Bertz CT molecular complexity index is 364. The summed E-state index contributed by atoms with van der Waals surface area (Å²) in [5.41, 5.74) is 2.25. The number of benzene rings is 1. The van der Waals surface area contributed by atoms with Crippen molar-refractivity contribution in [1.82, 2.24) is 5.32 Å². The summed E-state index contributed by atoms with van der Waals surface area (Å²) < 4.78 is 0. The molecule has 94 valence electrons. The minimum atomic E-state index is -0.734. The van der Waals surface area contributed by atoms with Crippen molar-refractivity contribution in [3.63, 3.8) is 0 Å². The first-order valence-corrected chi connectivity index (χ1v) is 6.13. The van der Waals surface area contributed by atoms with Gasteiger partial charge in [-0.1, -0.05) is 29.8 Å². The van der Waals surface area contributed by atoms with Crippen LogP contribution in [0.4, 0.5) is 0 Å². The standard InChI is InChI=1S/C13H18ClNO2/c1-9-3-5-11(6-4-9)7-12(13(17)8-14)15-10(2)16/h3-6,12-13,17H,7-8H2,1-2H3,(H,15,16)/t12?,13-/m1/s1. The average Bonchev–Trinajstić information content (AvgIpc) is 2.29. The normalized spacial score (nSPS) is 14.1. The Hall–Kier alpha value is -1.06. The van der Waals surface area contributed by atoms with E-state index in [-0.39, 0.29) is 17.8 Å². The molecule has 0 aliphatic rings. The van der Waals surface area contributed by atoms with E-state index in [1.165, 1.54) is 12.5 Å². The lowest BCUT2D eigenvalue weighted by atomic mass is 10.0. The van der Waals surface area contributed by atoms with Crippen LogP contribution in [0.25, 0.3) is 0 Å². The number of hydrogen-bond acceptors (Lipinski definition) is 2. The molecule has 0 radical (unpaired) electrons. The second kappa shape index (κ2) is 6.62. The molecule has 0 saturated carbocycles. The van der Waals surface area contributed by atoms with Gasteiger partial charge in [0, 0.05) is 6.92 Å². The molecule has 0 aromatic heterocycles. The van der Waals surface area contributed by atoms with Gasteiger partial charge in [-0.3, -0.25) is 4.79 Å². The van der Waals surface area contributed by atoms with Gasteiger partial charge in [-0.2, -0.15) is 0 Å². The van der Waals surface area contributed by atoms with E-state index in [0.717, 1.165) is 5.56 Å². The topological polar surface area (TPSA) is 49.3 Å². The monoisotopic (exact) mass is 255 g/mol. The number of aliphatic hydroxyl groups excluding tert-OH is 1. The number of rotatable bonds is 5. The second-order valence-electron chi connectivity index (χ2n) is 4.22. The maximum atomic E-state index is 11.1. The molecule has 0 heterocycles. The van der Waals surface area contributed by atoms with E-state index >= 15 is 0 Å². The first kappa shape index (κ1) is 14.0. The number of aliphatic hydroxyl groups is 1. The molecule has 17 heavy (non-hydrogen) atoms. The fraction of sp³-hybridized carbons (Fsp3) is 0.462. The zero-order chi connectivity index (χ0) is 12.8. The highest BCUT2D eigenvalue weighted by Crippen LogP contribution is 2.09. The van der Waals surface area contributed by atoms with Gasteiger partial charge in [-0.25, -0.2) is 0 Å². The molecule has 0 aliphatic carbocycles. The highest BCUT2D eigenvalue weighted by atomic mass is 35.5. The summed E-state index contributed by atoms with van der Waals surface area (Å²) in [6.45, 7) is 3.45. The summed E-state index contributed by atoms with van der Waals surface area (Å²) in [6.07, 6.45) is -0.157. The van der Waals surface area contributed by atoms with Gasteiger partial charge in [0.25, 0.3) is 0 Å². The Morgan fingerprint density at radius 3 is 2.47 bits per heavy atom. The molecule has 1 aromatic rings. The van der Waals surface area contributed by atoms with Crippen LogP contribution in [0.2, 0.25) is 0 Å². The van der Waals surface area contributed by atoms with Gasteiger partial charge in [0.1, 0.15) is 0 Å². The number of aryl methyl sites for hydroxylation is 1. The molecule has 4 heteroatoms. The molecule has 2 atom stereocenters. The van der Waals surface area contributed by atoms with Crippen molar-refractivity contribution >= 4 is 17.5 Å². The van der Waals surface area contributed by atoms with Crippen LogP contribution >= 0.6 is 11.6 Å². The van der Waals surface area contributed by atoms with Crippen molar-refractivity contribution in [2.24, 2.45) is 0 Å². The molecule has 1 unspecified atom stereocenters. The number of alkyl halides is 1. The lowest BCUT2D eigenvalue weighted by Crippen LogP contribution is -2.44. The van der Waals surface area contributed by atoms with Crippen LogP contribution in [0, 0.1) is 6.92 Å². The first-order chi connectivity index (χ1) is 8.02. The largest absolute Gasteiger partial charge is 0.390 e. The number of carbonyl (C=O) groups excluding carboxylic acids is 1.